The number of methoxy groups -OCH3 is 1. The quantitative estimate of drug-likeness (QED) is 0.126. The average molecular weight is 695 g/mol. The number of carbonyl (C=O) groups is 1. The summed E-state index contributed by atoms with van der Waals surface area (Å²) in [6, 6.07) is 27.5. The molecule has 1 amide bonds. The van der Waals surface area contributed by atoms with Crippen molar-refractivity contribution < 1.29 is 14.3 Å². The number of rotatable bonds is 11. The summed E-state index contributed by atoms with van der Waals surface area (Å²) >= 11 is 15.7. The number of piperidine rings is 1. The highest BCUT2D eigenvalue weighted by atomic mass is 79.9. The number of hydrogen-bond donors (Lipinski definition) is 1. The Morgan fingerprint density at radius 1 is 0.955 bits per heavy atom. The summed E-state index contributed by atoms with van der Waals surface area (Å²) in [5.41, 5.74) is 7.38. The molecule has 0 saturated carbocycles. The van der Waals surface area contributed by atoms with E-state index >= 15 is 0 Å². The van der Waals surface area contributed by atoms with Crippen molar-refractivity contribution in [3.8, 4) is 11.5 Å². The molecular formula is C35H34BrCl2N3O3. The van der Waals surface area contributed by atoms with Crippen molar-refractivity contribution in [1.29, 1.82) is 0 Å². The van der Waals surface area contributed by atoms with E-state index < -0.39 is 0 Å². The number of hydrogen-bond acceptors (Lipinski definition) is 5. The van der Waals surface area contributed by atoms with Gasteiger partial charge in [0.25, 0.3) is 5.91 Å². The second kappa shape index (κ2) is 15.6. The standard InChI is InChI=1S/C35H34BrCl2N3O3/c1-43-33-20-28(18-30(36)34(33)44-23-27-9-12-31(37)32(38)19-27)21-39-40-35(42)29-10-7-26(8-11-29)22-41-15-13-25(14-16-41)17-24-5-3-2-4-6-24/h2-12,18-21,25H,13-17,22-23H2,1H3,(H,40,42)/b39-21-. The number of likely N-dealkylation sites (tertiary alicyclic amines) is 1. The van der Waals surface area contributed by atoms with Crippen molar-refractivity contribution in [3.05, 3.63) is 127 Å². The van der Waals surface area contributed by atoms with Crippen LogP contribution in [0.5, 0.6) is 11.5 Å². The Kier molecular flexibility index (Phi) is 11.3. The van der Waals surface area contributed by atoms with Gasteiger partial charge in [-0.25, -0.2) is 5.43 Å². The molecule has 0 bridgehead atoms. The molecule has 1 aliphatic heterocycles. The SMILES string of the molecule is COc1cc(/C=N\NC(=O)c2ccc(CN3CCC(Cc4ccccc4)CC3)cc2)cc(Br)c1OCc1ccc(Cl)c(Cl)c1. The van der Waals surface area contributed by atoms with E-state index in [0.29, 0.717) is 31.6 Å². The molecule has 6 nitrogen and oxygen atoms in total. The molecule has 0 atom stereocenters. The van der Waals surface area contributed by atoms with E-state index in [0.717, 1.165) is 43.1 Å². The number of nitrogens with zero attached hydrogens (tertiary/aromatic N) is 2. The van der Waals surface area contributed by atoms with Gasteiger partial charge in [0.1, 0.15) is 6.61 Å². The Labute approximate surface area is 277 Å². The number of hydrazone groups is 1. The van der Waals surface area contributed by atoms with Crippen molar-refractivity contribution in [2.24, 2.45) is 11.0 Å². The summed E-state index contributed by atoms with van der Waals surface area (Å²) in [5, 5.41) is 5.11. The van der Waals surface area contributed by atoms with Crippen LogP contribution in [-0.4, -0.2) is 37.2 Å². The predicted molar refractivity (Wildman–Crippen MR) is 181 cm³/mol. The predicted octanol–water partition coefficient (Wildman–Crippen LogP) is 8.56. The second-order valence-corrected chi connectivity index (χ2v) is 12.5. The zero-order valence-corrected chi connectivity index (χ0v) is 27.5. The van der Waals surface area contributed by atoms with Gasteiger partial charge in [0, 0.05) is 12.1 Å². The van der Waals surface area contributed by atoms with Gasteiger partial charge in [-0.3, -0.25) is 9.69 Å². The fourth-order valence-corrected chi connectivity index (χ4v) is 6.18. The largest absolute Gasteiger partial charge is 0.493 e. The molecule has 4 aromatic carbocycles. The van der Waals surface area contributed by atoms with E-state index in [1.165, 1.54) is 24.0 Å². The average Bonchev–Trinajstić information content (AvgIpc) is 3.03. The Bertz CT molecular complexity index is 1590. The van der Waals surface area contributed by atoms with Gasteiger partial charge in [0.2, 0.25) is 0 Å². The molecular weight excluding hydrogens is 661 g/mol. The third-order valence-corrected chi connectivity index (χ3v) is 9.02. The first-order valence-corrected chi connectivity index (χ1v) is 16.1. The minimum atomic E-state index is -0.276. The molecule has 0 spiro atoms. The monoisotopic (exact) mass is 693 g/mol. The van der Waals surface area contributed by atoms with Crippen molar-refractivity contribution in [3.63, 3.8) is 0 Å². The van der Waals surface area contributed by atoms with Gasteiger partial charge >= 0.3 is 0 Å². The van der Waals surface area contributed by atoms with E-state index in [1.807, 2.05) is 36.4 Å². The Hall–Kier alpha value is -3.36. The lowest BCUT2D eigenvalue weighted by Crippen LogP contribution is -2.33. The maximum atomic E-state index is 12.7. The van der Waals surface area contributed by atoms with Crippen LogP contribution in [0.2, 0.25) is 10.0 Å². The van der Waals surface area contributed by atoms with E-state index in [9.17, 15) is 4.79 Å². The molecule has 228 valence electrons. The van der Waals surface area contributed by atoms with Crippen LogP contribution < -0.4 is 14.9 Å². The van der Waals surface area contributed by atoms with Gasteiger partial charge in [0.15, 0.2) is 11.5 Å². The van der Waals surface area contributed by atoms with Gasteiger partial charge in [-0.1, -0.05) is 71.7 Å². The van der Waals surface area contributed by atoms with Crippen molar-refractivity contribution >= 4 is 51.3 Å². The fourth-order valence-electron chi connectivity index (χ4n) is 5.29. The highest BCUT2D eigenvalue weighted by Gasteiger charge is 2.20. The summed E-state index contributed by atoms with van der Waals surface area (Å²) in [5.74, 6) is 1.52. The molecule has 5 rings (SSSR count). The molecule has 1 fully saturated rings. The number of carbonyl (C=O) groups excluding carboxylic acids is 1. The molecule has 0 aliphatic carbocycles. The van der Waals surface area contributed by atoms with Gasteiger partial charge in [0.05, 0.1) is 27.8 Å². The lowest BCUT2D eigenvalue weighted by Gasteiger charge is -2.32. The smallest absolute Gasteiger partial charge is 0.271 e. The highest BCUT2D eigenvalue weighted by molar-refractivity contribution is 9.10. The van der Waals surface area contributed by atoms with Crippen molar-refractivity contribution in [2.45, 2.75) is 32.4 Å². The topological polar surface area (TPSA) is 63.2 Å². The van der Waals surface area contributed by atoms with E-state index in [4.69, 9.17) is 32.7 Å². The summed E-state index contributed by atoms with van der Waals surface area (Å²) in [6.07, 6.45) is 5.14. The molecule has 0 unspecified atom stereocenters. The van der Waals surface area contributed by atoms with Crippen LogP contribution in [-0.2, 0) is 19.6 Å². The zero-order chi connectivity index (χ0) is 30.9. The Balaban J connectivity index is 1.10. The van der Waals surface area contributed by atoms with Crippen molar-refractivity contribution in [1.82, 2.24) is 10.3 Å². The second-order valence-electron chi connectivity index (χ2n) is 10.9. The molecule has 1 saturated heterocycles. The number of amides is 1. The van der Waals surface area contributed by atoms with Crippen molar-refractivity contribution in [2.75, 3.05) is 20.2 Å². The van der Waals surface area contributed by atoms with E-state index in [1.54, 1.807) is 31.5 Å². The summed E-state index contributed by atoms with van der Waals surface area (Å²) in [4.78, 5) is 15.2. The molecule has 0 radical (unpaired) electrons. The van der Waals surface area contributed by atoms with E-state index in [2.05, 4.69) is 61.7 Å². The van der Waals surface area contributed by atoms with Crippen LogP contribution in [0, 0.1) is 5.92 Å². The van der Waals surface area contributed by atoms with E-state index in [-0.39, 0.29) is 12.5 Å². The van der Waals surface area contributed by atoms with Crippen LogP contribution in [0.15, 0.2) is 94.5 Å². The third-order valence-electron chi connectivity index (χ3n) is 7.70. The van der Waals surface area contributed by atoms with Crippen LogP contribution in [0.3, 0.4) is 0 Å². The molecule has 1 aliphatic rings. The molecule has 4 aromatic rings. The molecule has 1 heterocycles. The first-order chi connectivity index (χ1) is 21.4. The minimum absolute atomic E-state index is 0.276. The van der Waals surface area contributed by atoms with Gasteiger partial charge in [-0.05, 0) is 113 Å². The van der Waals surface area contributed by atoms with Crippen LogP contribution >= 0.6 is 39.1 Å². The number of ether oxygens (including phenoxy) is 2. The first kappa shape index (κ1) is 32.0. The maximum absolute atomic E-state index is 12.7. The maximum Gasteiger partial charge on any atom is 0.271 e. The number of benzene rings is 4. The molecule has 44 heavy (non-hydrogen) atoms. The van der Waals surface area contributed by atoms with Crippen LogP contribution in [0.4, 0.5) is 0 Å². The molecule has 9 heteroatoms. The minimum Gasteiger partial charge on any atom is -0.493 e. The fraction of sp³-hybridized carbons (Fsp3) is 0.257. The molecule has 0 aromatic heterocycles. The highest BCUT2D eigenvalue weighted by Crippen LogP contribution is 2.37. The summed E-state index contributed by atoms with van der Waals surface area (Å²) in [7, 11) is 1.56. The van der Waals surface area contributed by atoms with Gasteiger partial charge in [-0.2, -0.15) is 5.10 Å². The Morgan fingerprint density at radius 3 is 2.39 bits per heavy atom. The molecule has 1 N–H and O–H groups in total. The number of halogens is 3. The van der Waals surface area contributed by atoms with Crippen LogP contribution in [0.1, 0.15) is 45.5 Å². The number of nitrogens with one attached hydrogen (secondary N) is 1. The Morgan fingerprint density at radius 2 is 1.68 bits per heavy atom. The summed E-state index contributed by atoms with van der Waals surface area (Å²) in [6.45, 7) is 3.36. The van der Waals surface area contributed by atoms with Gasteiger partial charge in [-0.15, -0.1) is 0 Å². The zero-order valence-electron chi connectivity index (χ0n) is 24.4. The lowest BCUT2D eigenvalue weighted by atomic mass is 9.90. The first-order valence-electron chi connectivity index (χ1n) is 14.5. The lowest BCUT2D eigenvalue weighted by molar-refractivity contribution is 0.0955. The summed E-state index contributed by atoms with van der Waals surface area (Å²) < 4.78 is 12.2. The third kappa shape index (κ3) is 8.85. The van der Waals surface area contributed by atoms with Gasteiger partial charge < -0.3 is 9.47 Å². The normalized spacial score (nSPS) is 14.1. The van der Waals surface area contributed by atoms with Crippen LogP contribution in [0.25, 0.3) is 0 Å².